The standard InChI is InChI=1S/C34H47BO3/c1-31(2,3)25-11-17-28(18-12-25)34(23-10-24-38-35(36)37,29-19-13-26(14-20-29)32(4,5)6)30-21-15-27(16-22-30)33(7,8)9/h11-22,36-37H,10,23-24H2,1-9H3. The molecule has 0 atom stereocenters. The molecule has 0 bridgehead atoms. The zero-order valence-electron chi connectivity index (χ0n) is 24.9. The summed E-state index contributed by atoms with van der Waals surface area (Å²) >= 11 is 0. The second kappa shape index (κ2) is 11.4. The monoisotopic (exact) mass is 514 g/mol. The van der Waals surface area contributed by atoms with E-state index in [1.807, 2.05) is 0 Å². The predicted octanol–water partition coefficient (Wildman–Crippen LogP) is 7.68. The summed E-state index contributed by atoms with van der Waals surface area (Å²) in [6.45, 7) is 20.4. The summed E-state index contributed by atoms with van der Waals surface area (Å²) in [6, 6.07) is 27.2. The molecule has 0 fully saturated rings. The number of hydrogen-bond acceptors (Lipinski definition) is 3. The third kappa shape index (κ3) is 6.97. The molecule has 2 N–H and O–H groups in total. The first kappa shape index (κ1) is 30.2. The van der Waals surface area contributed by atoms with Crippen LogP contribution in [0.3, 0.4) is 0 Å². The third-order valence-corrected chi connectivity index (χ3v) is 7.69. The van der Waals surface area contributed by atoms with Crippen molar-refractivity contribution in [3.8, 4) is 0 Å². The molecule has 0 amide bonds. The molecule has 0 aromatic heterocycles. The second-order valence-corrected chi connectivity index (χ2v) is 13.7. The summed E-state index contributed by atoms with van der Waals surface area (Å²) in [5.74, 6) is 0. The Hall–Kier alpha value is -2.40. The van der Waals surface area contributed by atoms with Gasteiger partial charge in [0.25, 0.3) is 0 Å². The quantitative estimate of drug-likeness (QED) is 0.184. The van der Waals surface area contributed by atoms with Crippen LogP contribution in [0.25, 0.3) is 0 Å². The molecule has 3 nitrogen and oxygen atoms in total. The van der Waals surface area contributed by atoms with Crippen LogP contribution in [0, 0.1) is 0 Å². The van der Waals surface area contributed by atoms with Gasteiger partial charge >= 0.3 is 7.32 Å². The topological polar surface area (TPSA) is 49.7 Å². The zero-order chi connectivity index (χ0) is 28.4. The van der Waals surface area contributed by atoms with Crippen molar-refractivity contribution in [2.45, 2.75) is 96.8 Å². The summed E-state index contributed by atoms with van der Waals surface area (Å²) in [4.78, 5) is 0. The molecule has 0 saturated carbocycles. The Morgan fingerprint density at radius 1 is 0.500 bits per heavy atom. The van der Waals surface area contributed by atoms with Gasteiger partial charge in [0.05, 0.1) is 0 Å². The van der Waals surface area contributed by atoms with Crippen molar-refractivity contribution in [1.82, 2.24) is 0 Å². The Labute approximate surface area is 231 Å². The minimum absolute atomic E-state index is 0.0645. The van der Waals surface area contributed by atoms with Crippen LogP contribution in [0.5, 0.6) is 0 Å². The summed E-state index contributed by atoms with van der Waals surface area (Å²) in [5.41, 5.74) is 7.34. The molecule has 0 unspecified atom stereocenters. The summed E-state index contributed by atoms with van der Waals surface area (Å²) < 4.78 is 5.15. The Bertz CT molecular complexity index is 1020. The highest BCUT2D eigenvalue weighted by atomic mass is 16.6. The SMILES string of the molecule is CC(C)(C)c1ccc(C(CCCOB(O)O)(c2ccc(C(C)(C)C)cc2)c2ccc(C(C)(C)C)cc2)cc1. The van der Waals surface area contributed by atoms with E-state index in [2.05, 4.69) is 135 Å². The van der Waals surface area contributed by atoms with Gasteiger partial charge in [-0.2, -0.15) is 0 Å². The van der Waals surface area contributed by atoms with E-state index in [-0.39, 0.29) is 22.9 Å². The molecular weight excluding hydrogens is 467 g/mol. The van der Waals surface area contributed by atoms with Gasteiger partial charge in [0.15, 0.2) is 0 Å². The lowest BCUT2D eigenvalue weighted by Gasteiger charge is -2.37. The number of benzene rings is 3. The van der Waals surface area contributed by atoms with Crippen molar-refractivity contribution in [1.29, 1.82) is 0 Å². The zero-order valence-corrected chi connectivity index (χ0v) is 24.9. The lowest BCUT2D eigenvalue weighted by Crippen LogP contribution is -2.31. The van der Waals surface area contributed by atoms with E-state index in [4.69, 9.17) is 4.65 Å². The van der Waals surface area contributed by atoms with Crippen molar-refractivity contribution >= 4 is 7.32 Å². The maximum Gasteiger partial charge on any atom is 0.633 e. The molecule has 3 aromatic rings. The predicted molar refractivity (Wildman–Crippen MR) is 161 cm³/mol. The van der Waals surface area contributed by atoms with Crippen molar-refractivity contribution in [3.63, 3.8) is 0 Å². The maximum absolute atomic E-state index is 9.29. The van der Waals surface area contributed by atoms with Crippen LogP contribution in [0.15, 0.2) is 72.8 Å². The van der Waals surface area contributed by atoms with Crippen LogP contribution in [0.2, 0.25) is 0 Å². The van der Waals surface area contributed by atoms with Gasteiger partial charge in [0.2, 0.25) is 0 Å². The van der Waals surface area contributed by atoms with Crippen molar-refractivity contribution < 1.29 is 14.7 Å². The minimum atomic E-state index is -1.76. The molecule has 0 heterocycles. The average Bonchev–Trinajstić information content (AvgIpc) is 2.83. The van der Waals surface area contributed by atoms with E-state index in [0.717, 1.165) is 6.42 Å². The molecule has 3 aromatic carbocycles. The smallest absolute Gasteiger partial charge is 0.402 e. The van der Waals surface area contributed by atoms with Crippen LogP contribution in [-0.2, 0) is 26.3 Å². The first-order valence-electron chi connectivity index (χ1n) is 13.9. The van der Waals surface area contributed by atoms with Gasteiger partial charge in [-0.05, 0) is 62.5 Å². The largest absolute Gasteiger partial charge is 0.633 e. The molecule has 0 aliphatic carbocycles. The lowest BCUT2D eigenvalue weighted by atomic mass is 9.65. The van der Waals surface area contributed by atoms with E-state index in [1.54, 1.807) is 0 Å². The summed E-state index contributed by atoms with van der Waals surface area (Å²) in [7, 11) is -1.76. The Balaban J connectivity index is 2.24. The fraction of sp³-hybridized carbons (Fsp3) is 0.471. The van der Waals surface area contributed by atoms with E-state index in [1.165, 1.54) is 33.4 Å². The van der Waals surface area contributed by atoms with Gasteiger partial charge < -0.3 is 14.7 Å². The van der Waals surface area contributed by atoms with Crippen molar-refractivity contribution in [3.05, 3.63) is 106 Å². The fourth-order valence-corrected chi connectivity index (χ4v) is 5.22. The number of hydrogen-bond donors (Lipinski definition) is 2. The van der Waals surface area contributed by atoms with E-state index in [9.17, 15) is 10.0 Å². The van der Waals surface area contributed by atoms with Gasteiger partial charge in [0.1, 0.15) is 0 Å². The van der Waals surface area contributed by atoms with Crippen molar-refractivity contribution in [2.75, 3.05) is 6.61 Å². The van der Waals surface area contributed by atoms with Gasteiger partial charge in [-0.15, -0.1) is 0 Å². The Morgan fingerprint density at radius 3 is 1.00 bits per heavy atom. The van der Waals surface area contributed by atoms with Gasteiger partial charge in [-0.3, -0.25) is 0 Å². The average molecular weight is 515 g/mol. The van der Waals surface area contributed by atoms with Crippen LogP contribution in [0.4, 0.5) is 0 Å². The third-order valence-electron chi connectivity index (χ3n) is 7.69. The lowest BCUT2D eigenvalue weighted by molar-refractivity contribution is 0.179. The van der Waals surface area contributed by atoms with Gasteiger partial charge in [-0.25, -0.2) is 0 Å². The van der Waals surface area contributed by atoms with Crippen LogP contribution in [-0.4, -0.2) is 24.0 Å². The highest BCUT2D eigenvalue weighted by molar-refractivity contribution is 6.32. The van der Waals surface area contributed by atoms with E-state index >= 15 is 0 Å². The summed E-state index contributed by atoms with van der Waals surface area (Å²) in [5, 5.41) is 18.6. The molecular formula is C34H47BO3. The Morgan fingerprint density at radius 2 is 0.763 bits per heavy atom. The Kier molecular flexibility index (Phi) is 9.03. The molecule has 0 aliphatic rings. The molecule has 0 saturated heterocycles. The molecule has 38 heavy (non-hydrogen) atoms. The first-order chi connectivity index (χ1) is 17.5. The van der Waals surface area contributed by atoms with Crippen molar-refractivity contribution in [2.24, 2.45) is 0 Å². The number of rotatable bonds is 8. The molecule has 0 spiro atoms. The van der Waals surface area contributed by atoms with Crippen LogP contribution < -0.4 is 0 Å². The molecule has 0 radical (unpaired) electrons. The normalized spacial score (nSPS) is 13.0. The van der Waals surface area contributed by atoms with E-state index in [0.29, 0.717) is 6.42 Å². The second-order valence-electron chi connectivity index (χ2n) is 13.7. The first-order valence-corrected chi connectivity index (χ1v) is 13.9. The molecule has 3 rings (SSSR count). The minimum Gasteiger partial charge on any atom is -0.402 e. The highest BCUT2D eigenvalue weighted by Gasteiger charge is 2.37. The summed E-state index contributed by atoms with van der Waals surface area (Å²) in [6.07, 6.45) is 1.43. The van der Waals surface area contributed by atoms with Gasteiger partial charge in [0, 0.05) is 12.0 Å². The molecule has 204 valence electrons. The van der Waals surface area contributed by atoms with Crippen LogP contribution in [0.1, 0.15) is 109 Å². The van der Waals surface area contributed by atoms with Crippen LogP contribution >= 0.6 is 0 Å². The maximum atomic E-state index is 9.29. The highest BCUT2D eigenvalue weighted by Crippen LogP contribution is 2.45. The fourth-order valence-electron chi connectivity index (χ4n) is 5.22. The molecule has 0 aliphatic heterocycles. The molecule has 4 heteroatoms. The van der Waals surface area contributed by atoms with Gasteiger partial charge in [-0.1, -0.05) is 135 Å². The van der Waals surface area contributed by atoms with E-state index < -0.39 is 12.7 Å².